The van der Waals surface area contributed by atoms with Crippen molar-refractivity contribution in [3.63, 3.8) is 0 Å². The normalized spacial score (nSPS) is 16.2. The van der Waals surface area contributed by atoms with E-state index in [1.54, 1.807) is 23.6 Å². The van der Waals surface area contributed by atoms with Gasteiger partial charge in [-0.3, -0.25) is 4.79 Å². The maximum atomic E-state index is 12.7. The number of ether oxygens (including phenoxy) is 1. The smallest absolute Gasteiger partial charge is 0.350 e. The van der Waals surface area contributed by atoms with Crippen LogP contribution in [0.1, 0.15) is 22.5 Å². The molecule has 0 saturated carbocycles. The Hall–Kier alpha value is -1.27. The number of halogens is 1. The number of anilines is 1. The molecule has 1 aliphatic rings. The van der Waals surface area contributed by atoms with Crippen LogP contribution in [0.25, 0.3) is 0 Å². The van der Waals surface area contributed by atoms with Crippen LogP contribution in [0, 0.1) is 5.92 Å². The highest BCUT2D eigenvalue weighted by Crippen LogP contribution is 2.31. The third-order valence-electron chi connectivity index (χ3n) is 4.26. The highest BCUT2D eigenvalue weighted by atomic mass is 79.9. The summed E-state index contributed by atoms with van der Waals surface area (Å²) in [6.45, 7) is 0.562. The molecule has 2 aromatic heterocycles. The first-order chi connectivity index (χ1) is 12.8. The Labute approximate surface area is 173 Å². The first kappa shape index (κ1) is 20.5. The van der Waals surface area contributed by atoms with E-state index in [2.05, 4.69) is 21.2 Å². The van der Waals surface area contributed by atoms with E-state index in [0.29, 0.717) is 27.6 Å². The van der Waals surface area contributed by atoms with Gasteiger partial charge in [0.15, 0.2) is 0 Å². The molecule has 1 aliphatic heterocycles. The van der Waals surface area contributed by atoms with Crippen LogP contribution in [0.3, 0.4) is 0 Å². The number of sulfonamides is 1. The largest absolute Gasteiger partial charge is 0.465 e. The lowest BCUT2D eigenvalue weighted by molar-refractivity contribution is -0.120. The standard InChI is InChI=1S/C16H17BrN2O5S3/c1-24-16(21)14-11(6-9-25-14)18-15(20)10-4-7-19(8-5-10)27(22,23)13-3-2-12(17)26-13/h2-3,6,9-10H,4-5,7-8H2,1H3,(H,18,20). The van der Waals surface area contributed by atoms with Gasteiger partial charge in [-0.05, 0) is 52.4 Å². The van der Waals surface area contributed by atoms with E-state index in [1.165, 1.54) is 34.1 Å². The van der Waals surface area contributed by atoms with Crippen molar-refractivity contribution >= 4 is 66.2 Å². The highest BCUT2D eigenvalue weighted by Gasteiger charge is 2.33. The lowest BCUT2D eigenvalue weighted by atomic mass is 9.97. The number of carbonyl (C=O) groups excluding carboxylic acids is 2. The Morgan fingerprint density at radius 3 is 2.56 bits per heavy atom. The molecule has 2 aromatic rings. The van der Waals surface area contributed by atoms with Crippen LogP contribution in [-0.2, 0) is 19.6 Å². The van der Waals surface area contributed by atoms with Crippen molar-refractivity contribution in [2.45, 2.75) is 17.1 Å². The zero-order valence-electron chi connectivity index (χ0n) is 14.3. The quantitative estimate of drug-likeness (QED) is 0.645. The molecule has 7 nitrogen and oxygen atoms in total. The van der Waals surface area contributed by atoms with Gasteiger partial charge in [0.1, 0.15) is 9.09 Å². The molecular weight excluding hydrogens is 476 g/mol. The Bertz CT molecular complexity index is 945. The third kappa shape index (κ3) is 4.43. The van der Waals surface area contributed by atoms with Crippen molar-refractivity contribution < 1.29 is 22.7 Å². The minimum atomic E-state index is -3.53. The molecule has 27 heavy (non-hydrogen) atoms. The summed E-state index contributed by atoms with van der Waals surface area (Å²) in [6, 6.07) is 4.94. The van der Waals surface area contributed by atoms with Crippen LogP contribution in [-0.4, -0.2) is 44.8 Å². The van der Waals surface area contributed by atoms with Crippen molar-refractivity contribution in [3.8, 4) is 0 Å². The minimum Gasteiger partial charge on any atom is -0.465 e. The number of piperidine rings is 1. The van der Waals surface area contributed by atoms with E-state index in [-0.39, 0.29) is 24.9 Å². The van der Waals surface area contributed by atoms with Crippen molar-refractivity contribution in [2.75, 3.05) is 25.5 Å². The molecule has 0 aliphatic carbocycles. The van der Waals surface area contributed by atoms with Gasteiger partial charge in [0.25, 0.3) is 10.0 Å². The first-order valence-electron chi connectivity index (χ1n) is 8.05. The molecule has 1 amide bonds. The Kier molecular flexibility index (Phi) is 6.36. The van der Waals surface area contributed by atoms with Crippen molar-refractivity contribution in [2.24, 2.45) is 5.92 Å². The number of hydrogen-bond donors (Lipinski definition) is 1. The lowest BCUT2D eigenvalue weighted by Gasteiger charge is -2.30. The van der Waals surface area contributed by atoms with Gasteiger partial charge in [-0.2, -0.15) is 4.31 Å². The van der Waals surface area contributed by atoms with Crippen LogP contribution < -0.4 is 5.32 Å². The predicted molar refractivity (Wildman–Crippen MR) is 108 cm³/mol. The van der Waals surface area contributed by atoms with Gasteiger partial charge in [0.05, 0.1) is 16.6 Å². The number of methoxy groups -OCH3 is 1. The summed E-state index contributed by atoms with van der Waals surface area (Å²) >= 11 is 5.64. The molecule has 0 atom stereocenters. The fraction of sp³-hybridized carbons (Fsp3) is 0.375. The maximum Gasteiger partial charge on any atom is 0.350 e. The second-order valence-electron chi connectivity index (χ2n) is 5.88. The number of carbonyl (C=O) groups is 2. The van der Waals surface area contributed by atoms with Crippen LogP contribution in [0.5, 0.6) is 0 Å². The second-order valence-corrected chi connectivity index (χ2v) is 11.4. The third-order valence-corrected chi connectivity index (χ3v) is 9.15. The maximum absolute atomic E-state index is 12.7. The average molecular weight is 493 g/mol. The molecule has 11 heteroatoms. The molecule has 0 aromatic carbocycles. The molecule has 1 N–H and O–H groups in total. The Morgan fingerprint density at radius 1 is 1.26 bits per heavy atom. The molecule has 3 rings (SSSR count). The molecule has 3 heterocycles. The van der Waals surface area contributed by atoms with Crippen LogP contribution in [0.4, 0.5) is 5.69 Å². The van der Waals surface area contributed by atoms with E-state index in [0.717, 1.165) is 3.79 Å². The van der Waals surface area contributed by atoms with E-state index in [9.17, 15) is 18.0 Å². The van der Waals surface area contributed by atoms with Gasteiger partial charge in [-0.15, -0.1) is 22.7 Å². The summed E-state index contributed by atoms with van der Waals surface area (Å²) in [5, 5.41) is 4.47. The monoisotopic (exact) mass is 492 g/mol. The first-order valence-corrected chi connectivity index (χ1v) is 12.0. The van der Waals surface area contributed by atoms with Gasteiger partial charge in [-0.1, -0.05) is 0 Å². The number of nitrogens with one attached hydrogen (secondary N) is 1. The topological polar surface area (TPSA) is 92.8 Å². The predicted octanol–water partition coefficient (Wildman–Crippen LogP) is 3.40. The fourth-order valence-electron chi connectivity index (χ4n) is 2.82. The van der Waals surface area contributed by atoms with E-state index in [4.69, 9.17) is 4.74 Å². The van der Waals surface area contributed by atoms with Gasteiger partial charge in [-0.25, -0.2) is 13.2 Å². The highest BCUT2D eigenvalue weighted by molar-refractivity contribution is 9.11. The van der Waals surface area contributed by atoms with E-state index >= 15 is 0 Å². The van der Waals surface area contributed by atoms with E-state index < -0.39 is 16.0 Å². The van der Waals surface area contributed by atoms with Crippen molar-refractivity contribution in [1.82, 2.24) is 4.31 Å². The zero-order chi connectivity index (χ0) is 19.6. The average Bonchev–Trinajstić information content (AvgIpc) is 3.30. The van der Waals surface area contributed by atoms with Gasteiger partial charge in [0, 0.05) is 19.0 Å². The summed E-state index contributed by atoms with van der Waals surface area (Å²) in [4.78, 5) is 24.6. The number of thiophene rings is 2. The summed E-state index contributed by atoms with van der Waals surface area (Å²) in [5.74, 6) is -1.02. The molecular formula is C16H17BrN2O5S3. The Balaban J connectivity index is 1.62. The fourth-order valence-corrected chi connectivity index (χ4v) is 7.21. The molecule has 146 valence electrons. The lowest BCUT2D eigenvalue weighted by Crippen LogP contribution is -2.41. The molecule has 1 fully saturated rings. The summed E-state index contributed by atoms with van der Waals surface area (Å²) < 4.78 is 32.5. The molecule has 1 saturated heterocycles. The van der Waals surface area contributed by atoms with Gasteiger partial charge < -0.3 is 10.1 Å². The van der Waals surface area contributed by atoms with E-state index in [1.807, 2.05) is 0 Å². The summed E-state index contributed by atoms with van der Waals surface area (Å²) in [6.07, 6.45) is 0.852. The molecule has 0 radical (unpaired) electrons. The van der Waals surface area contributed by atoms with Crippen molar-refractivity contribution in [3.05, 3.63) is 32.2 Å². The number of esters is 1. The van der Waals surface area contributed by atoms with Crippen LogP contribution in [0.2, 0.25) is 0 Å². The molecule has 0 bridgehead atoms. The molecule has 0 unspecified atom stereocenters. The van der Waals surface area contributed by atoms with Crippen molar-refractivity contribution in [1.29, 1.82) is 0 Å². The Morgan fingerprint density at radius 2 is 1.96 bits per heavy atom. The zero-order valence-corrected chi connectivity index (χ0v) is 18.3. The minimum absolute atomic E-state index is 0.213. The SMILES string of the molecule is COC(=O)c1sccc1NC(=O)C1CCN(S(=O)(=O)c2ccc(Br)s2)CC1. The number of nitrogens with zero attached hydrogens (tertiary/aromatic N) is 1. The number of rotatable bonds is 5. The second kappa shape index (κ2) is 8.39. The number of amides is 1. The molecule has 0 spiro atoms. The summed E-state index contributed by atoms with van der Waals surface area (Å²) in [5.41, 5.74) is 0.426. The number of hydrogen-bond acceptors (Lipinski definition) is 7. The van der Waals surface area contributed by atoms with Gasteiger partial charge in [0.2, 0.25) is 5.91 Å². The summed E-state index contributed by atoms with van der Waals surface area (Å²) in [7, 11) is -2.24. The van der Waals surface area contributed by atoms with Crippen LogP contribution >= 0.6 is 38.6 Å². The van der Waals surface area contributed by atoms with Crippen LogP contribution in [0.15, 0.2) is 31.6 Å². The van der Waals surface area contributed by atoms with Gasteiger partial charge >= 0.3 is 5.97 Å².